The van der Waals surface area contributed by atoms with E-state index in [2.05, 4.69) is 0 Å². The van der Waals surface area contributed by atoms with E-state index in [4.69, 9.17) is 0 Å². The van der Waals surface area contributed by atoms with E-state index in [1.165, 1.54) is 6.07 Å². The van der Waals surface area contributed by atoms with Crippen LogP contribution in [0.15, 0.2) is 30.6 Å². The fraction of sp³-hybridized carbons (Fsp3) is 0.312. The second-order valence-electron chi connectivity index (χ2n) is 5.21. The monoisotopic (exact) mass is 275 g/mol. The third-order valence-electron chi connectivity index (χ3n) is 3.75. The van der Waals surface area contributed by atoms with Crippen LogP contribution in [0.4, 0.5) is 8.78 Å². The van der Waals surface area contributed by atoms with Crippen LogP contribution in [0.5, 0.6) is 0 Å². The van der Waals surface area contributed by atoms with Gasteiger partial charge in [-0.25, -0.2) is 8.78 Å². The molecule has 0 aliphatic heterocycles. The van der Waals surface area contributed by atoms with Crippen LogP contribution in [-0.2, 0) is 13.0 Å². The van der Waals surface area contributed by atoms with E-state index in [-0.39, 0.29) is 12.3 Å². The summed E-state index contributed by atoms with van der Waals surface area (Å²) in [6, 6.07) is 4.16. The Balaban J connectivity index is 1.91. The number of halogens is 2. The Morgan fingerprint density at radius 3 is 2.75 bits per heavy atom. The van der Waals surface area contributed by atoms with E-state index in [0.29, 0.717) is 12.0 Å². The van der Waals surface area contributed by atoms with Crippen LogP contribution in [0.25, 0.3) is 0 Å². The van der Waals surface area contributed by atoms with Gasteiger partial charge in [0.1, 0.15) is 0 Å². The molecule has 0 saturated heterocycles. The molecule has 2 nitrogen and oxygen atoms in total. The quantitative estimate of drug-likeness (QED) is 0.766. The van der Waals surface area contributed by atoms with E-state index in [9.17, 15) is 13.6 Å². The first kappa shape index (κ1) is 13.0. The highest BCUT2D eigenvalue weighted by molar-refractivity contribution is 5.97. The largest absolute Gasteiger partial charge is 0.349 e. The summed E-state index contributed by atoms with van der Waals surface area (Å²) >= 11 is 0. The number of carbonyl (C=O) groups excluding carboxylic acids is 1. The maximum absolute atomic E-state index is 13.7. The van der Waals surface area contributed by atoms with Gasteiger partial charge in [-0.3, -0.25) is 4.79 Å². The lowest BCUT2D eigenvalue weighted by Gasteiger charge is -2.05. The van der Waals surface area contributed by atoms with Crippen LogP contribution in [-0.4, -0.2) is 10.4 Å². The maximum Gasteiger partial charge on any atom is 0.164 e. The average molecular weight is 275 g/mol. The van der Waals surface area contributed by atoms with Crippen molar-refractivity contribution in [3.8, 4) is 0 Å². The molecule has 0 radical (unpaired) electrons. The number of carbonyl (C=O) groups is 1. The Bertz CT molecular complexity index is 660. The van der Waals surface area contributed by atoms with Crippen LogP contribution in [0.2, 0.25) is 0 Å². The highest BCUT2D eigenvalue weighted by Crippen LogP contribution is 2.22. The van der Waals surface area contributed by atoms with E-state index >= 15 is 0 Å². The summed E-state index contributed by atoms with van der Waals surface area (Å²) in [7, 11) is 0. The molecule has 20 heavy (non-hydrogen) atoms. The predicted octanol–water partition coefficient (Wildman–Crippen LogP) is 3.72. The number of hydrogen-bond acceptors (Lipinski definition) is 1. The Hall–Kier alpha value is -1.97. The molecule has 0 spiro atoms. The molecular weight excluding hydrogens is 260 g/mol. The van der Waals surface area contributed by atoms with Crippen molar-refractivity contribution in [2.24, 2.45) is 0 Å². The van der Waals surface area contributed by atoms with Crippen molar-refractivity contribution in [2.45, 2.75) is 32.2 Å². The number of aromatic nitrogens is 1. The smallest absolute Gasteiger partial charge is 0.164 e. The summed E-state index contributed by atoms with van der Waals surface area (Å²) in [6.45, 7) is 0.240. The second kappa shape index (κ2) is 5.19. The molecule has 104 valence electrons. The predicted molar refractivity (Wildman–Crippen MR) is 71.8 cm³/mol. The highest BCUT2D eigenvalue weighted by atomic mass is 19.2. The summed E-state index contributed by atoms with van der Waals surface area (Å²) in [6.07, 6.45) is 7.00. The molecule has 1 aromatic heterocycles. The maximum atomic E-state index is 13.7. The minimum atomic E-state index is -0.840. The van der Waals surface area contributed by atoms with Crippen molar-refractivity contribution in [1.29, 1.82) is 0 Å². The lowest BCUT2D eigenvalue weighted by molar-refractivity contribution is 0.0982. The third-order valence-corrected chi connectivity index (χ3v) is 3.75. The van der Waals surface area contributed by atoms with Gasteiger partial charge in [-0.1, -0.05) is 12.1 Å². The summed E-state index contributed by atoms with van der Waals surface area (Å²) in [5.74, 6) is -1.51. The molecule has 0 atom stereocenters. The zero-order chi connectivity index (χ0) is 14.1. The van der Waals surface area contributed by atoms with E-state index in [1.807, 2.05) is 6.20 Å². The lowest BCUT2D eigenvalue weighted by atomic mass is 10.1. The Morgan fingerprint density at radius 2 is 1.90 bits per heavy atom. The molecule has 1 aliphatic rings. The fourth-order valence-electron chi connectivity index (χ4n) is 2.70. The van der Waals surface area contributed by atoms with Gasteiger partial charge in [-0.05, 0) is 30.9 Å². The number of hydrogen-bond donors (Lipinski definition) is 0. The number of ketones is 1. The summed E-state index contributed by atoms with van der Waals surface area (Å²) in [5.41, 5.74) is 2.05. The van der Waals surface area contributed by atoms with Gasteiger partial charge in [0, 0.05) is 29.9 Å². The van der Waals surface area contributed by atoms with Gasteiger partial charge in [-0.15, -0.1) is 0 Å². The van der Waals surface area contributed by atoms with Crippen molar-refractivity contribution in [2.75, 3.05) is 0 Å². The lowest BCUT2D eigenvalue weighted by Crippen LogP contribution is -2.02. The summed E-state index contributed by atoms with van der Waals surface area (Å²) in [5, 5.41) is 0. The minimum absolute atomic E-state index is 0.149. The van der Waals surface area contributed by atoms with Crippen molar-refractivity contribution >= 4 is 5.78 Å². The number of fused-ring (bicyclic) bond motifs is 1. The molecule has 3 rings (SSSR count). The molecule has 0 fully saturated rings. The van der Waals surface area contributed by atoms with Crippen molar-refractivity contribution in [3.63, 3.8) is 0 Å². The van der Waals surface area contributed by atoms with Crippen LogP contribution in [0.1, 0.15) is 40.7 Å². The molecule has 4 heteroatoms. The van der Waals surface area contributed by atoms with Crippen molar-refractivity contribution in [1.82, 2.24) is 4.57 Å². The number of aryl methyl sites for hydroxylation is 1. The fourth-order valence-corrected chi connectivity index (χ4v) is 2.70. The van der Waals surface area contributed by atoms with E-state index < -0.39 is 11.6 Å². The third kappa shape index (κ3) is 2.38. The molecule has 1 heterocycles. The van der Waals surface area contributed by atoms with Gasteiger partial charge >= 0.3 is 0 Å². The normalized spacial score (nSPS) is 15.0. The molecule has 0 amide bonds. The molecule has 0 bridgehead atoms. The second-order valence-corrected chi connectivity index (χ2v) is 5.21. The molecule has 1 aliphatic carbocycles. The van der Waals surface area contributed by atoms with Crippen LogP contribution in [0, 0.1) is 11.6 Å². The van der Waals surface area contributed by atoms with Gasteiger partial charge in [0.2, 0.25) is 0 Å². The Labute approximate surface area is 116 Å². The zero-order valence-corrected chi connectivity index (χ0v) is 11.0. The highest BCUT2D eigenvalue weighted by Gasteiger charge is 2.18. The van der Waals surface area contributed by atoms with Crippen LogP contribution >= 0.6 is 0 Å². The van der Waals surface area contributed by atoms with E-state index in [1.54, 1.807) is 16.8 Å². The molecule has 1 aromatic carbocycles. The molecule has 0 unspecified atom stereocenters. The van der Waals surface area contributed by atoms with Crippen LogP contribution < -0.4 is 0 Å². The van der Waals surface area contributed by atoms with Crippen LogP contribution in [0.3, 0.4) is 0 Å². The number of nitrogens with zero attached hydrogens (tertiary/aromatic N) is 1. The first-order chi connectivity index (χ1) is 9.65. The van der Waals surface area contributed by atoms with Crippen molar-refractivity contribution in [3.05, 3.63) is 58.9 Å². The molecule has 0 saturated carbocycles. The SMILES string of the molecule is O=C1CCCCc2cn(Cc3cccc(F)c3F)cc21. The Kier molecular flexibility index (Phi) is 3.38. The van der Waals surface area contributed by atoms with Gasteiger partial charge in [-0.2, -0.15) is 0 Å². The Morgan fingerprint density at radius 1 is 1.10 bits per heavy atom. The first-order valence-corrected chi connectivity index (χ1v) is 6.80. The number of rotatable bonds is 2. The molecule has 2 aromatic rings. The van der Waals surface area contributed by atoms with E-state index in [0.717, 1.165) is 36.5 Å². The van der Waals surface area contributed by atoms with Gasteiger partial charge in [0.25, 0.3) is 0 Å². The molecular formula is C16H15F2NO. The standard InChI is InChI=1S/C16H15F2NO/c17-14-6-3-5-12(16(14)18)9-19-8-11-4-1-2-7-15(20)13(11)10-19/h3,5-6,8,10H,1-2,4,7,9H2. The van der Waals surface area contributed by atoms with Gasteiger partial charge in [0.05, 0.1) is 6.54 Å². The minimum Gasteiger partial charge on any atom is -0.349 e. The van der Waals surface area contributed by atoms with Gasteiger partial charge in [0.15, 0.2) is 17.4 Å². The topological polar surface area (TPSA) is 22.0 Å². The summed E-state index contributed by atoms with van der Waals surface area (Å²) < 4.78 is 28.6. The summed E-state index contributed by atoms with van der Waals surface area (Å²) in [4.78, 5) is 11.9. The van der Waals surface area contributed by atoms with Gasteiger partial charge < -0.3 is 4.57 Å². The molecule has 0 N–H and O–H groups in total. The average Bonchev–Trinajstić information content (AvgIpc) is 2.75. The number of Topliss-reactive ketones (excluding diaryl/α,β-unsaturated/α-hetero) is 1. The zero-order valence-electron chi connectivity index (χ0n) is 11.0. The number of benzene rings is 1. The first-order valence-electron chi connectivity index (χ1n) is 6.80. The van der Waals surface area contributed by atoms with Crippen molar-refractivity contribution < 1.29 is 13.6 Å².